The Bertz CT molecular complexity index is 638. The molecule has 0 atom stereocenters. The lowest BCUT2D eigenvalue weighted by molar-refractivity contribution is -0.129. The Labute approximate surface area is 153 Å². The number of carbonyl (C=O) groups is 3. The molecule has 6 heteroatoms. The zero-order chi connectivity index (χ0) is 18.8. The van der Waals surface area contributed by atoms with E-state index in [2.05, 4.69) is 10.3 Å². The van der Waals surface area contributed by atoms with Crippen LogP contribution in [0.15, 0.2) is 23.2 Å². The number of halogens is 1. The summed E-state index contributed by atoms with van der Waals surface area (Å²) in [6.45, 7) is 6.09. The minimum atomic E-state index is -0.857. The molecule has 0 aliphatic rings. The van der Waals surface area contributed by atoms with Gasteiger partial charge in [0.2, 0.25) is 0 Å². The fourth-order valence-electron chi connectivity index (χ4n) is 2.36. The average Bonchev–Trinajstić information content (AvgIpc) is 2.57. The van der Waals surface area contributed by atoms with Gasteiger partial charge >= 0.3 is 0 Å². The molecule has 0 aliphatic carbocycles. The molecule has 0 saturated carbocycles. The lowest BCUT2D eigenvalue weighted by Gasteiger charge is -2.10. The fraction of sp³-hybridized carbons (Fsp3) is 0.474. The van der Waals surface area contributed by atoms with Crippen molar-refractivity contribution in [2.24, 2.45) is 10.9 Å². The van der Waals surface area contributed by atoms with Crippen LogP contribution in [0.1, 0.15) is 56.8 Å². The Morgan fingerprint density at radius 2 is 1.72 bits per heavy atom. The Balaban J connectivity index is 3.10. The van der Waals surface area contributed by atoms with Gasteiger partial charge in [0, 0.05) is 25.6 Å². The Kier molecular flexibility index (Phi) is 9.06. The summed E-state index contributed by atoms with van der Waals surface area (Å²) in [6, 6.07) is 4.92. The van der Waals surface area contributed by atoms with Gasteiger partial charge in [-0.1, -0.05) is 31.5 Å². The van der Waals surface area contributed by atoms with Gasteiger partial charge in [0.15, 0.2) is 0 Å². The van der Waals surface area contributed by atoms with E-state index in [-0.39, 0.29) is 22.5 Å². The molecule has 0 saturated heterocycles. The zero-order valence-corrected chi connectivity index (χ0v) is 15.7. The Morgan fingerprint density at radius 1 is 1.12 bits per heavy atom. The summed E-state index contributed by atoms with van der Waals surface area (Å²) in [5, 5.41) is 2.88. The molecule has 1 aromatic rings. The summed E-state index contributed by atoms with van der Waals surface area (Å²) in [6.07, 6.45) is 3.38. The van der Waals surface area contributed by atoms with Crippen LogP contribution in [0, 0.1) is 5.92 Å². The van der Waals surface area contributed by atoms with Gasteiger partial charge in [-0.3, -0.25) is 19.4 Å². The molecule has 0 spiro atoms. The van der Waals surface area contributed by atoms with E-state index < -0.39 is 5.92 Å². The van der Waals surface area contributed by atoms with Crippen molar-refractivity contribution in [2.75, 3.05) is 6.54 Å². The number of hydrogen-bond donors (Lipinski definition) is 1. The quantitative estimate of drug-likeness (QED) is 0.500. The number of hydrogen-bond acceptors (Lipinski definition) is 4. The average molecular weight is 365 g/mol. The molecular weight excluding hydrogens is 340 g/mol. The number of ketones is 2. The van der Waals surface area contributed by atoms with E-state index in [1.54, 1.807) is 18.2 Å². The predicted molar refractivity (Wildman–Crippen MR) is 101 cm³/mol. The van der Waals surface area contributed by atoms with Crippen molar-refractivity contribution < 1.29 is 14.4 Å². The summed E-state index contributed by atoms with van der Waals surface area (Å²) in [5.74, 6) is -1.42. The second-order valence-corrected chi connectivity index (χ2v) is 6.06. The van der Waals surface area contributed by atoms with Crippen LogP contribution in [0.2, 0.25) is 5.02 Å². The SMILES string of the molecule is CCCC(=O)C(C=Nc1cccc(C(=O)NCC)c1Cl)C(=O)CCC. The molecule has 5 nitrogen and oxygen atoms in total. The minimum Gasteiger partial charge on any atom is -0.352 e. The molecule has 0 fully saturated rings. The van der Waals surface area contributed by atoms with E-state index in [0.29, 0.717) is 43.5 Å². The van der Waals surface area contributed by atoms with Crippen molar-refractivity contribution in [3.05, 3.63) is 28.8 Å². The molecular formula is C19H25ClN2O3. The van der Waals surface area contributed by atoms with Crippen LogP contribution in [0.3, 0.4) is 0 Å². The third-order valence-corrected chi connectivity index (χ3v) is 4.01. The largest absolute Gasteiger partial charge is 0.352 e. The lowest BCUT2D eigenvalue weighted by Crippen LogP contribution is -2.25. The monoisotopic (exact) mass is 364 g/mol. The third-order valence-electron chi connectivity index (χ3n) is 3.61. The normalized spacial score (nSPS) is 11.1. The van der Waals surface area contributed by atoms with E-state index in [4.69, 9.17) is 11.6 Å². The van der Waals surface area contributed by atoms with Crippen LogP contribution < -0.4 is 5.32 Å². The van der Waals surface area contributed by atoms with E-state index >= 15 is 0 Å². The lowest BCUT2D eigenvalue weighted by atomic mass is 9.94. The number of amides is 1. The molecule has 136 valence electrons. The van der Waals surface area contributed by atoms with Gasteiger partial charge in [0.1, 0.15) is 17.5 Å². The second kappa shape index (κ2) is 10.8. The standard InChI is InChI=1S/C19H25ClN2O3/c1-4-8-16(23)14(17(24)9-5-2)12-22-15-11-7-10-13(18(15)20)19(25)21-6-3/h7,10-12,14H,4-6,8-9H2,1-3H3,(H,21,25). The van der Waals surface area contributed by atoms with Crippen LogP contribution in [0.5, 0.6) is 0 Å². The number of nitrogens with zero attached hydrogens (tertiary/aromatic N) is 1. The number of carbonyl (C=O) groups excluding carboxylic acids is 3. The molecule has 0 unspecified atom stereocenters. The van der Waals surface area contributed by atoms with Crippen LogP contribution in [-0.2, 0) is 9.59 Å². The van der Waals surface area contributed by atoms with Gasteiger partial charge in [-0.25, -0.2) is 0 Å². The highest BCUT2D eigenvalue weighted by Gasteiger charge is 2.23. The Hall–Kier alpha value is -2.01. The van der Waals surface area contributed by atoms with Crippen LogP contribution >= 0.6 is 11.6 Å². The first-order valence-corrected chi connectivity index (χ1v) is 9.00. The van der Waals surface area contributed by atoms with E-state index in [1.165, 1.54) is 6.21 Å². The van der Waals surface area contributed by atoms with Gasteiger partial charge in [-0.15, -0.1) is 0 Å². The first kappa shape index (κ1) is 21.0. The smallest absolute Gasteiger partial charge is 0.252 e. The van der Waals surface area contributed by atoms with E-state index in [1.807, 2.05) is 20.8 Å². The third kappa shape index (κ3) is 6.09. The maximum Gasteiger partial charge on any atom is 0.252 e. The van der Waals surface area contributed by atoms with Gasteiger partial charge in [0.05, 0.1) is 16.3 Å². The summed E-state index contributed by atoms with van der Waals surface area (Å²) < 4.78 is 0. The van der Waals surface area contributed by atoms with Crippen molar-refractivity contribution >= 4 is 41.0 Å². The van der Waals surface area contributed by atoms with Gasteiger partial charge in [-0.2, -0.15) is 0 Å². The summed E-state index contributed by atoms with van der Waals surface area (Å²) in [4.78, 5) is 40.7. The molecule has 0 heterocycles. The second-order valence-electron chi connectivity index (χ2n) is 5.69. The number of Topliss-reactive ketones (excluding diaryl/α,β-unsaturated/α-hetero) is 2. The molecule has 1 aromatic carbocycles. The molecule has 0 aliphatic heterocycles. The predicted octanol–water partition coefficient (Wildman–Crippen LogP) is 4.15. The van der Waals surface area contributed by atoms with E-state index in [9.17, 15) is 14.4 Å². The zero-order valence-electron chi connectivity index (χ0n) is 15.0. The maximum absolute atomic E-state index is 12.2. The van der Waals surface area contributed by atoms with Gasteiger partial charge in [-0.05, 0) is 31.9 Å². The Morgan fingerprint density at radius 3 is 2.24 bits per heavy atom. The van der Waals surface area contributed by atoms with Crippen molar-refractivity contribution in [3.8, 4) is 0 Å². The van der Waals surface area contributed by atoms with Crippen LogP contribution in [0.25, 0.3) is 0 Å². The highest BCUT2D eigenvalue weighted by molar-refractivity contribution is 6.36. The fourth-order valence-corrected chi connectivity index (χ4v) is 2.62. The van der Waals surface area contributed by atoms with Crippen molar-refractivity contribution in [1.29, 1.82) is 0 Å². The van der Waals surface area contributed by atoms with Gasteiger partial charge < -0.3 is 5.32 Å². The first-order chi connectivity index (χ1) is 12.0. The van der Waals surface area contributed by atoms with E-state index in [0.717, 1.165) is 0 Å². The first-order valence-electron chi connectivity index (χ1n) is 8.62. The van der Waals surface area contributed by atoms with Crippen LogP contribution in [-0.4, -0.2) is 30.2 Å². The van der Waals surface area contributed by atoms with Crippen molar-refractivity contribution in [1.82, 2.24) is 5.32 Å². The van der Waals surface area contributed by atoms with Crippen molar-refractivity contribution in [2.45, 2.75) is 46.5 Å². The summed E-state index contributed by atoms with van der Waals surface area (Å²) in [7, 11) is 0. The number of benzene rings is 1. The van der Waals surface area contributed by atoms with Gasteiger partial charge in [0.25, 0.3) is 5.91 Å². The molecule has 0 radical (unpaired) electrons. The highest BCUT2D eigenvalue weighted by atomic mass is 35.5. The molecule has 1 N–H and O–H groups in total. The molecule has 1 amide bonds. The molecule has 1 rings (SSSR count). The van der Waals surface area contributed by atoms with Crippen molar-refractivity contribution in [3.63, 3.8) is 0 Å². The maximum atomic E-state index is 12.2. The molecule has 25 heavy (non-hydrogen) atoms. The number of rotatable bonds is 10. The number of aliphatic imine (C=N–C) groups is 1. The summed E-state index contributed by atoms with van der Waals surface area (Å²) in [5.41, 5.74) is 0.679. The highest BCUT2D eigenvalue weighted by Crippen LogP contribution is 2.28. The van der Waals surface area contributed by atoms with Crippen LogP contribution in [0.4, 0.5) is 5.69 Å². The summed E-state index contributed by atoms with van der Waals surface area (Å²) >= 11 is 6.26. The molecule has 0 aromatic heterocycles. The molecule has 0 bridgehead atoms. The minimum absolute atomic E-state index is 0.138. The topological polar surface area (TPSA) is 75.6 Å². The number of nitrogens with one attached hydrogen (secondary N) is 1.